The van der Waals surface area contributed by atoms with Gasteiger partial charge >= 0.3 is 0 Å². The van der Waals surface area contributed by atoms with Crippen LogP contribution in [0.5, 0.6) is 5.75 Å². The number of pyridine rings is 1. The Morgan fingerprint density at radius 3 is 2.72 bits per heavy atom. The maximum absolute atomic E-state index is 6.59. The second kappa shape index (κ2) is 7.85. The van der Waals surface area contributed by atoms with Gasteiger partial charge in [0.1, 0.15) is 22.7 Å². The highest BCUT2D eigenvalue weighted by atomic mass is 35.5. The van der Waals surface area contributed by atoms with E-state index in [1.807, 2.05) is 26.0 Å². The molecule has 0 saturated heterocycles. The summed E-state index contributed by atoms with van der Waals surface area (Å²) in [7, 11) is 1.64. The summed E-state index contributed by atoms with van der Waals surface area (Å²) in [4.78, 5) is 19.8. The number of benzene rings is 1. The molecular formula is C20H18Cl2N6O. The molecule has 0 aliphatic carbocycles. The molecule has 0 aliphatic heterocycles. The van der Waals surface area contributed by atoms with Crippen LogP contribution in [0.2, 0.25) is 10.2 Å². The Hall–Kier alpha value is -2.90. The number of halogens is 2. The molecule has 0 amide bonds. The molecule has 1 atom stereocenters. The Balaban J connectivity index is 1.82. The van der Waals surface area contributed by atoms with Gasteiger partial charge in [-0.3, -0.25) is 0 Å². The highest BCUT2D eigenvalue weighted by Gasteiger charge is 2.22. The van der Waals surface area contributed by atoms with Crippen molar-refractivity contribution in [2.45, 2.75) is 19.9 Å². The van der Waals surface area contributed by atoms with Crippen molar-refractivity contribution < 1.29 is 4.74 Å². The number of ether oxygens (including phenoxy) is 1. The zero-order valence-corrected chi connectivity index (χ0v) is 17.5. The van der Waals surface area contributed by atoms with Gasteiger partial charge in [-0.25, -0.2) is 19.9 Å². The molecule has 9 heteroatoms. The average Bonchev–Trinajstić information content (AvgIpc) is 3.19. The molecule has 3 aromatic heterocycles. The van der Waals surface area contributed by atoms with E-state index in [4.69, 9.17) is 27.9 Å². The Labute approximate surface area is 177 Å². The van der Waals surface area contributed by atoms with E-state index < -0.39 is 0 Å². The quantitative estimate of drug-likeness (QED) is 0.424. The Bertz CT molecular complexity index is 1190. The van der Waals surface area contributed by atoms with E-state index in [9.17, 15) is 0 Å². The van der Waals surface area contributed by atoms with Crippen molar-refractivity contribution in [3.05, 3.63) is 58.4 Å². The number of imidazole rings is 1. The first kappa shape index (κ1) is 19.4. The third-order valence-corrected chi connectivity index (χ3v) is 5.36. The maximum atomic E-state index is 6.59. The second-order valence-corrected chi connectivity index (χ2v) is 7.33. The molecule has 3 heterocycles. The number of anilines is 1. The Morgan fingerprint density at radius 1 is 1.14 bits per heavy atom. The lowest BCUT2D eigenvalue weighted by atomic mass is 9.94. The van der Waals surface area contributed by atoms with E-state index in [1.165, 1.54) is 6.33 Å². The number of aromatic amines is 1. The van der Waals surface area contributed by atoms with Gasteiger partial charge in [0.05, 0.1) is 19.5 Å². The van der Waals surface area contributed by atoms with Gasteiger partial charge in [-0.2, -0.15) is 0 Å². The molecule has 148 valence electrons. The van der Waals surface area contributed by atoms with Crippen molar-refractivity contribution in [1.82, 2.24) is 24.9 Å². The molecular weight excluding hydrogens is 411 g/mol. The van der Waals surface area contributed by atoms with Gasteiger partial charge in [0, 0.05) is 22.3 Å². The van der Waals surface area contributed by atoms with Gasteiger partial charge in [-0.1, -0.05) is 23.2 Å². The van der Waals surface area contributed by atoms with E-state index in [-0.39, 0.29) is 6.04 Å². The molecule has 2 N–H and O–H groups in total. The van der Waals surface area contributed by atoms with Gasteiger partial charge in [0.2, 0.25) is 0 Å². The normalized spacial score (nSPS) is 12.2. The highest BCUT2D eigenvalue weighted by molar-refractivity contribution is 6.32. The van der Waals surface area contributed by atoms with Crippen LogP contribution in [-0.4, -0.2) is 32.0 Å². The number of nitrogens with zero attached hydrogens (tertiary/aromatic N) is 4. The Kier molecular flexibility index (Phi) is 5.25. The number of hydrogen-bond acceptors (Lipinski definition) is 6. The van der Waals surface area contributed by atoms with Crippen LogP contribution < -0.4 is 10.1 Å². The molecule has 0 aliphatic rings. The topological polar surface area (TPSA) is 88.6 Å². The average molecular weight is 429 g/mol. The summed E-state index contributed by atoms with van der Waals surface area (Å²) in [6.07, 6.45) is 4.73. The molecule has 4 aromatic rings. The lowest BCUT2D eigenvalue weighted by Crippen LogP contribution is -2.11. The van der Waals surface area contributed by atoms with Crippen LogP contribution in [0.25, 0.3) is 22.3 Å². The summed E-state index contributed by atoms with van der Waals surface area (Å²) in [5, 5.41) is 4.42. The van der Waals surface area contributed by atoms with Crippen molar-refractivity contribution >= 4 is 40.2 Å². The second-order valence-electron chi connectivity index (χ2n) is 6.54. The van der Waals surface area contributed by atoms with Gasteiger partial charge in [0.25, 0.3) is 0 Å². The molecule has 0 saturated carbocycles. The van der Waals surface area contributed by atoms with Crippen molar-refractivity contribution in [3.8, 4) is 16.9 Å². The van der Waals surface area contributed by atoms with Crippen molar-refractivity contribution in [3.63, 3.8) is 0 Å². The van der Waals surface area contributed by atoms with Crippen LogP contribution in [0.1, 0.15) is 24.1 Å². The minimum Gasteiger partial charge on any atom is -0.496 e. The minimum atomic E-state index is -0.172. The predicted octanol–water partition coefficient (Wildman–Crippen LogP) is 5.21. The number of methoxy groups -OCH3 is 1. The van der Waals surface area contributed by atoms with Crippen LogP contribution in [-0.2, 0) is 0 Å². The molecule has 0 fully saturated rings. The van der Waals surface area contributed by atoms with E-state index >= 15 is 0 Å². The first-order valence-electron chi connectivity index (χ1n) is 8.89. The summed E-state index contributed by atoms with van der Waals surface area (Å²) in [5.74, 6) is 1.33. The molecule has 0 spiro atoms. The molecule has 1 aromatic carbocycles. The van der Waals surface area contributed by atoms with Crippen LogP contribution >= 0.6 is 23.2 Å². The first-order valence-corrected chi connectivity index (χ1v) is 9.64. The highest BCUT2D eigenvalue weighted by Crippen LogP contribution is 2.43. The fourth-order valence-corrected chi connectivity index (χ4v) is 3.73. The van der Waals surface area contributed by atoms with Gasteiger partial charge in [0.15, 0.2) is 11.5 Å². The fourth-order valence-electron chi connectivity index (χ4n) is 3.34. The van der Waals surface area contributed by atoms with Gasteiger partial charge in [-0.05, 0) is 43.2 Å². The maximum Gasteiger partial charge on any atom is 0.162 e. The fraction of sp³-hybridized carbons (Fsp3) is 0.200. The van der Waals surface area contributed by atoms with Crippen LogP contribution in [0, 0.1) is 6.92 Å². The van der Waals surface area contributed by atoms with Crippen LogP contribution in [0.3, 0.4) is 0 Å². The number of hydrogen-bond donors (Lipinski definition) is 2. The van der Waals surface area contributed by atoms with Crippen molar-refractivity contribution in [2.75, 3.05) is 12.4 Å². The lowest BCUT2D eigenvalue weighted by Gasteiger charge is -2.22. The predicted molar refractivity (Wildman–Crippen MR) is 115 cm³/mol. The summed E-state index contributed by atoms with van der Waals surface area (Å²) < 4.78 is 5.82. The third-order valence-electron chi connectivity index (χ3n) is 4.76. The smallest absolute Gasteiger partial charge is 0.162 e. The number of fused-ring (bicyclic) bond motifs is 1. The molecule has 0 bridgehead atoms. The zero-order valence-electron chi connectivity index (χ0n) is 16.0. The molecule has 7 nitrogen and oxygen atoms in total. The van der Waals surface area contributed by atoms with E-state index in [2.05, 4.69) is 30.2 Å². The summed E-state index contributed by atoms with van der Waals surface area (Å²) in [5.41, 5.74) is 4.87. The SMILES string of the molecule is COc1c(C(C)Nc2ncnc3[nH]cnc23)cc(Cl)c(C)c1-c1ccnc(Cl)c1. The zero-order chi connectivity index (χ0) is 20.5. The number of nitrogens with one attached hydrogen (secondary N) is 2. The largest absolute Gasteiger partial charge is 0.496 e. The first-order chi connectivity index (χ1) is 14.0. The third kappa shape index (κ3) is 3.59. The van der Waals surface area contributed by atoms with Crippen molar-refractivity contribution in [1.29, 1.82) is 0 Å². The molecule has 1 unspecified atom stereocenters. The standard InChI is InChI=1S/C20H18Cl2N6O/c1-10-14(21)7-13(18(29-3)16(10)12-4-5-23-15(22)6-12)11(2)28-20-17-19(25-8-24-17)26-9-27-20/h4-9,11H,1-3H3,(H2,24,25,26,27,28). The molecule has 29 heavy (non-hydrogen) atoms. The summed E-state index contributed by atoms with van der Waals surface area (Å²) >= 11 is 12.7. The lowest BCUT2D eigenvalue weighted by molar-refractivity contribution is 0.409. The summed E-state index contributed by atoms with van der Waals surface area (Å²) in [6.45, 7) is 3.96. The van der Waals surface area contributed by atoms with Crippen LogP contribution in [0.15, 0.2) is 37.1 Å². The Morgan fingerprint density at radius 2 is 1.97 bits per heavy atom. The number of aromatic nitrogens is 5. The summed E-state index contributed by atoms with van der Waals surface area (Å²) in [6, 6.07) is 5.41. The van der Waals surface area contributed by atoms with E-state index in [1.54, 1.807) is 25.7 Å². The molecule has 0 radical (unpaired) electrons. The minimum absolute atomic E-state index is 0.172. The number of rotatable bonds is 5. The van der Waals surface area contributed by atoms with E-state index in [0.717, 1.165) is 22.3 Å². The van der Waals surface area contributed by atoms with Gasteiger partial charge in [-0.15, -0.1) is 0 Å². The van der Waals surface area contributed by atoms with Crippen LogP contribution in [0.4, 0.5) is 5.82 Å². The van der Waals surface area contributed by atoms with Crippen molar-refractivity contribution in [2.24, 2.45) is 0 Å². The number of H-pyrrole nitrogens is 1. The molecule has 4 rings (SSSR count). The van der Waals surface area contributed by atoms with Gasteiger partial charge < -0.3 is 15.0 Å². The monoisotopic (exact) mass is 428 g/mol. The van der Waals surface area contributed by atoms with E-state index in [0.29, 0.717) is 32.9 Å².